The van der Waals surface area contributed by atoms with E-state index in [1.54, 1.807) is 6.08 Å². The Kier molecular flexibility index (Phi) is 16.4. The van der Waals surface area contributed by atoms with Crippen LogP contribution in [-0.2, 0) is 21.7 Å². The first-order valence-corrected chi connectivity index (χ1v) is 4.15. The second-order valence-electron chi connectivity index (χ2n) is 2.18. The molecule has 70 valence electrons. The monoisotopic (exact) mass is 218 g/mol. The van der Waals surface area contributed by atoms with Crippen LogP contribution in [0.2, 0.25) is 0 Å². The van der Waals surface area contributed by atoms with Gasteiger partial charge in [0.05, 0.1) is 0 Å². The predicted molar refractivity (Wildman–Crippen MR) is 58.9 cm³/mol. The summed E-state index contributed by atoms with van der Waals surface area (Å²) in [5, 5.41) is 0. The molecule has 1 rings (SSSR count). The molecule has 0 spiro atoms. The largest absolute Gasteiger partial charge is 2.00 e. The Balaban J connectivity index is 0. The van der Waals surface area contributed by atoms with Gasteiger partial charge in [-0.1, -0.05) is 13.0 Å². The van der Waals surface area contributed by atoms with Crippen LogP contribution in [0.25, 0.3) is 0 Å². The normalized spacial score (nSPS) is 12.4. The first-order valence-electron chi connectivity index (χ1n) is 4.15. The van der Waals surface area contributed by atoms with Crippen molar-refractivity contribution in [3.8, 4) is 0 Å². The average Bonchev–Trinajstić information content (AvgIpc) is 2.05. The van der Waals surface area contributed by atoms with E-state index in [2.05, 4.69) is 6.08 Å². The van der Waals surface area contributed by atoms with E-state index in [1.165, 1.54) is 6.08 Å². The Labute approximate surface area is 102 Å². The molecule has 1 heteroatoms. The van der Waals surface area contributed by atoms with Crippen LogP contribution in [0.4, 0.5) is 0 Å². The predicted octanol–water partition coefficient (Wildman–Crippen LogP) is 3.58. The smallest absolute Gasteiger partial charge is 0.293 e. The Hall–Kier alpha value is -0.846. The molecule has 0 aromatic rings. The number of rotatable bonds is 1. The van der Waals surface area contributed by atoms with Crippen molar-refractivity contribution in [1.29, 1.82) is 0 Å². The van der Waals surface area contributed by atoms with E-state index >= 15 is 0 Å². The van der Waals surface area contributed by atoms with Gasteiger partial charge in [0.2, 0.25) is 0 Å². The van der Waals surface area contributed by atoms with Gasteiger partial charge in [-0.05, 0) is 0 Å². The Morgan fingerprint density at radius 2 is 1.71 bits per heavy atom. The van der Waals surface area contributed by atoms with Gasteiger partial charge in [0.15, 0.2) is 0 Å². The second kappa shape index (κ2) is 14.7. The molecule has 0 nitrogen and oxygen atoms in total. The van der Waals surface area contributed by atoms with Gasteiger partial charge in [0.1, 0.15) is 0 Å². The first kappa shape index (κ1) is 15.6. The van der Waals surface area contributed by atoms with E-state index in [9.17, 15) is 0 Å². The summed E-state index contributed by atoms with van der Waals surface area (Å²) in [6, 6.07) is 0. The van der Waals surface area contributed by atoms with Crippen LogP contribution >= 0.6 is 0 Å². The maximum absolute atomic E-state index is 4.93. The maximum atomic E-state index is 4.93. The molecule has 0 radical (unpaired) electrons. The molecule has 0 aliphatic heterocycles. The topological polar surface area (TPSA) is 0 Å². The van der Waals surface area contributed by atoms with Gasteiger partial charge < -0.3 is 0 Å². The third-order valence-electron chi connectivity index (χ3n) is 1.13. The van der Waals surface area contributed by atoms with Gasteiger partial charge in [0.25, 0.3) is 0 Å². The summed E-state index contributed by atoms with van der Waals surface area (Å²) < 4.78 is 0. The summed E-state index contributed by atoms with van der Waals surface area (Å²) in [4.78, 5) is 0. The molecule has 0 atom stereocenters. The molecule has 0 amide bonds. The van der Waals surface area contributed by atoms with Crippen LogP contribution in [0.3, 0.4) is 0 Å². The zero-order chi connectivity index (χ0) is 9.78. The van der Waals surface area contributed by atoms with E-state index in [4.69, 9.17) is 6.58 Å². The van der Waals surface area contributed by atoms with E-state index in [-0.39, 0.29) is 21.7 Å². The third kappa shape index (κ3) is 13.7. The summed E-state index contributed by atoms with van der Waals surface area (Å²) >= 11 is 0. The van der Waals surface area contributed by atoms with Crippen molar-refractivity contribution >= 4 is 0 Å². The number of allylic oxidation sites excluding steroid dienone is 11. The van der Waals surface area contributed by atoms with Crippen molar-refractivity contribution in [2.75, 3.05) is 0 Å². The molecular weight excluding hydrogens is 204 g/mol. The summed E-state index contributed by atoms with van der Waals surface area (Å²) in [5.41, 5.74) is 0. The van der Waals surface area contributed by atoms with Crippen LogP contribution in [0.5, 0.6) is 0 Å². The SMILES string of the molecule is [C-]1=CC=CC=CC=C1.[CH-]=CC=CC.[Ti+2]. The first-order chi connectivity index (χ1) is 6.41. The van der Waals surface area contributed by atoms with Gasteiger partial charge in [-0.15, -0.1) is 12.2 Å². The average molecular weight is 218 g/mol. The Bertz CT molecular complexity index is 196. The molecule has 0 aromatic carbocycles. The van der Waals surface area contributed by atoms with Crippen LogP contribution < -0.4 is 0 Å². The summed E-state index contributed by atoms with van der Waals surface area (Å²) in [6.07, 6.45) is 21.7. The quantitative estimate of drug-likeness (QED) is 0.358. The van der Waals surface area contributed by atoms with Crippen molar-refractivity contribution in [2.45, 2.75) is 6.92 Å². The summed E-state index contributed by atoms with van der Waals surface area (Å²) in [7, 11) is 0. The zero-order valence-electron chi connectivity index (χ0n) is 8.35. The van der Waals surface area contributed by atoms with Crippen LogP contribution in [-0.4, -0.2) is 0 Å². The third-order valence-corrected chi connectivity index (χ3v) is 1.13. The molecule has 0 unspecified atom stereocenters. The zero-order valence-corrected chi connectivity index (χ0v) is 9.91. The molecule has 0 bridgehead atoms. The molecule has 14 heavy (non-hydrogen) atoms. The minimum atomic E-state index is 0. The van der Waals surface area contributed by atoms with Gasteiger partial charge in [-0.25, -0.2) is 12.2 Å². The van der Waals surface area contributed by atoms with Crippen LogP contribution in [0.15, 0.2) is 60.8 Å². The van der Waals surface area contributed by atoms with E-state index in [0.717, 1.165) is 0 Å². The molecule has 1 aliphatic carbocycles. The summed E-state index contributed by atoms with van der Waals surface area (Å²) in [6.45, 7) is 6.85. The van der Waals surface area contributed by atoms with Crippen molar-refractivity contribution in [3.05, 3.63) is 73.4 Å². The maximum Gasteiger partial charge on any atom is 2.00 e. The standard InChI is InChI=1S/C8H7.C5H7.Ti/c1-2-4-6-8-7-5-3-1;1-3-5-4-2;/h1-7H;1,3-5H,2H3;/q2*-1;+2. The molecular formula is C13H14Ti. The van der Waals surface area contributed by atoms with Crippen molar-refractivity contribution in [3.63, 3.8) is 0 Å². The van der Waals surface area contributed by atoms with Crippen molar-refractivity contribution in [2.24, 2.45) is 0 Å². The second-order valence-corrected chi connectivity index (χ2v) is 2.18. The molecule has 1 aliphatic rings. The molecule has 0 heterocycles. The number of hydrogen-bond acceptors (Lipinski definition) is 0. The fraction of sp³-hybridized carbons (Fsp3) is 0.0769. The van der Waals surface area contributed by atoms with Crippen LogP contribution in [0, 0.1) is 12.7 Å². The Morgan fingerprint density at radius 3 is 2.29 bits per heavy atom. The minimum Gasteiger partial charge on any atom is -0.293 e. The number of hydrogen-bond donors (Lipinski definition) is 0. The molecule has 0 aromatic heterocycles. The molecule has 0 saturated heterocycles. The fourth-order valence-electron chi connectivity index (χ4n) is 0.581. The van der Waals surface area contributed by atoms with Crippen LogP contribution in [0.1, 0.15) is 6.92 Å². The van der Waals surface area contributed by atoms with Gasteiger partial charge in [0, 0.05) is 0 Å². The van der Waals surface area contributed by atoms with E-state index in [1.807, 2.05) is 55.5 Å². The minimum absolute atomic E-state index is 0. The molecule has 0 N–H and O–H groups in total. The molecule has 0 saturated carbocycles. The molecule has 0 fully saturated rings. The van der Waals surface area contributed by atoms with Gasteiger partial charge in [-0.3, -0.25) is 6.58 Å². The van der Waals surface area contributed by atoms with Crippen molar-refractivity contribution < 1.29 is 21.7 Å². The van der Waals surface area contributed by atoms with Gasteiger partial charge >= 0.3 is 21.7 Å². The van der Waals surface area contributed by atoms with E-state index < -0.39 is 0 Å². The van der Waals surface area contributed by atoms with Gasteiger partial charge in [-0.2, -0.15) is 36.5 Å². The van der Waals surface area contributed by atoms with Crippen molar-refractivity contribution in [1.82, 2.24) is 0 Å². The van der Waals surface area contributed by atoms with E-state index in [0.29, 0.717) is 0 Å². The fourth-order valence-corrected chi connectivity index (χ4v) is 0.581. The Morgan fingerprint density at radius 1 is 1.07 bits per heavy atom. The summed E-state index contributed by atoms with van der Waals surface area (Å²) in [5.74, 6) is 0.